The van der Waals surface area contributed by atoms with E-state index in [1.54, 1.807) is 13.0 Å². The number of ether oxygens (including phenoxy) is 1. The molecule has 8 nitrogen and oxygen atoms in total. The summed E-state index contributed by atoms with van der Waals surface area (Å²) in [5, 5.41) is 11.4. The first kappa shape index (κ1) is 21.3. The van der Waals surface area contributed by atoms with Crippen molar-refractivity contribution < 1.29 is 14.3 Å². The van der Waals surface area contributed by atoms with E-state index in [1.807, 2.05) is 18.2 Å². The molecule has 0 atom stereocenters. The molecule has 0 aliphatic carbocycles. The maximum absolute atomic E-state index is 12.7. The van der Waals surface area contributed by atoms with Crippen LogP contribution in [0.15, 0.2) is 24.3 Å². The van der Waals surface area contributed by atoms with E-state index in [0.717, 1.165) is 31.5 Å². The third-order valence-electron chi connectivity index (χ3n) is 4.98. The second-order valence-electron chi connectivity index (χ2n) is 7.26. The Bertz CT molecular complexity index is 862. The molecule has 1 amide bonds. The molecular weight excluding hydrogens is 394 g/mol. The molecule has 9 heteroatoms. The van der Waals surface area contributed by atoms with Crippen molar-refractivity contribution in [3.63, 3.8) is 0 Å². The molecule has 156 valence electrons. The number of rotatable bonds is 7. The minimum Gasteiger partial charge on any atom is -0.461 e. The molecule has 0 saturated carbocycles. The molecule has 1 aromatic carbocycles. The zero-order valence-corrected chi connectivity index (χ0v) is 17.5. The molecule has 3 rings (SSSR count). The Morgan fingerprint density at radius 1 is 1.28 bits per heavy atom. The molecule has 1 saturated heterocycles. The van der Waals surface area contributed by atoms with Gasteiger partial charge in [-0.1, -0.05) is 41.9 Å². The average molecular weight is 420 g/mol. The van der Waals surface area contributed by atoms with Crippen LogP contribution in [0.1, 0.15) is 42.7 Å². The van der Waals surface area contributed by atoms with E-state index in [0.29, 0.717) is 10.9 Å². The second-order valence-corrected chi connectivity index (χ2v) is 7.67. The molecule has 1 aliphatic heterocycles. The summed E-state index contributed by atoms with van der Waals surface area (Å²) < 4.78 is 6.52. The van der Waals surface area contributed by atoms with Gasteiger partial charge in [0.1, 0.15) is 0 Å². The van der Waals surface area contributed by atoms with Gasteiger partial charge in [-0.2, -0.15) is 0 Å². The zero-order chi connectivity index (χ0) is 20.8. The summed E-state index contributed by atoms with van der Waals surface area (Å²) in [5.41, 5.74) is 0.787. The zero-order valence-electron chi connectivity index (χ0n) is 16.7. The van der Waals surface area contributed by atoms with Gasteiger partial charge in [-0.15, -0.1) is 5.10 Å². The van der Waals surface area contributed by atoms with Crippen LogP contribution < -0.4 is 5.32 Å². The van der Waals surface area contributed by atoms with E-state index < -0.39 is 5.97 Å². The normalized spacial score (nSPS) is 15.3. The number of nitrogens with one attached hydrogen (secondary N) is 1. The summed E-state index contributed by atoms with van der Waals surface area (Å²) in [7, 11) is 0. The fourth-order valence-electron chi connectivity index (χ4n) is 3.27. The van der Waals surface area contributed by atoms with Crippen molar-refractivity contribution in [2.75, 3.05) is 31.6 Å². The Balaban J connectivity index is 1.78. The summed E-state index contributed by atoms with van der Waals surface area (Å²) in [6.07, 6.45) is 2.15. The van der Waals surface area contributed by atoms with Crippen LogP contribution in [-0.2, 0) is 16.1 Å². The summed E-state index contributed by atoms with van der Waals surface area (Å²) in [6.45, 7) is 6.43. The number of halogens is 1. The molecule has 2 heterocycles. The molecule has 0 bridgehead atoms. The molecule has 0 spiro atoms. The lowest BCUT2D eigenvalue weighted by atomic mass is 9.99. The number of hydrogen-bond acceptors (Lipinski definition) is 6. The lowest BCUT2D eigenvalue weighted by molar-refractivity contribution is -0.117. The quantitative estimate of drug-likeness (QED) is 0.694. The highest BCUT2D eigenvalue weighted by Crippen LogP contribution is 2.21. The molecule has 1 aromatic heterocycles. The Hall–Kier alpha value is -2.45. The standard InChI is InChI=1S/C20H26ClN5O3/c1-3-29-20(28)18-19(22-17(27)13-25-10-8-14(2)9-11-25)26(24-23-18)12-15-6-4-5-7-16(15)21/h4-7,14H,3,8-13H2,1-2H3,(H,22,27). The van der Waals surface area contributed by atoms with Crippen LogP contribution in [0.25, 0.3) is 0 Å². The highest BCUT2D eigenvalue weighted by Gasteiger charge is 2.25. The molecule has 1 N–H and O–H groups in total. The van der Waals surface area contributed by atoms with Crippen molar-refractivity contribution >= 4 is 29.3 Å². The molecule has 1 fully saturated rings. The maximum Gasteiger partial charge on any atom is 0.362 e. The number of nitrogens with zero attached hydrogens (tertiary/aromatic N) is 4. The largest absolute Gasteiger partial charge is 0.461 e. The van der Waals surface area contributed by atoms with Gasteiger partial charge in [0.25, 0.3) is 0 Å². The lowest BCUT2D eigenvalue weighted by Crippen LogP contribution is -2.39. The van der Waals surface area contributed by atoms with Gasteiger partial charge in [0.05, 0.1) is 19.7 Å². The number of esters is 1. The van der Waals surface area contributed by atoms with Crippen LogP contribution >= 0.6 is 11.6 Å². The van der Waals surface area contributed by atoms with Crippen LogP contribution in [0.3, 0.4) is 0 Å². The van der Waals surface area contributed by atoms with Gasteiger partial charge >= 0.3 is 5.97 Å². The molecule has 0 unspecified atom stereocenters. The topological polar surface area (TPSA) is 89.3 Å². The number of anilines is 1. The summed E-state index contributed by atoms with van der Waals surface area (Å²) >= 11 is 6.24. The monoisotopic (exact) mass is 419 g/mol. The van der Waals surface area contributed by atoms with E-state index in [1.165, 1.54) is 4.68 Å². The molecule has 29 heavy (non-hydrogen) atoms. The Labute approximate surface area is 175 Å². The van der Waals surface area contributed by atoms with Crippen molar-refractivity contribution in [1.29, 1.82) is 0 Å². The number of aromatic nitrogens is 3. The third-order valence-corrected chi connectivity index (χ3v) is 5.35. The van der Waals surface area contributed by atoms with Gasteiger partial charge in [-0.05, 0) is 50.4 Å². The van der Waals surface area contributed by atoms with Crippen molar-refractivity contribution in [1.82, 2.24) is 19.9 Å². The van der Waals surface area contributed by atoms with Crippen molar-refractivity contribution in [3.05, 3.63) is 40.5 Å². The predicted molar refractivity (Wildman–Crippen MR) is 110 cm³/mol. The van der Waals surface area contributed by atoms with Crippen molar-refractivity contribution in [2.45, 2.75) is 33.2 Å². The SMILES string of the molecule is CCOC(=O)c1nnn(Cc2ccccc2Cl)c1NC(=O)CN1CCC(C)CC1. The first-order chi connectivity index (χ1) is 14.0. The number of piperidine rings is 1. The third kappa shape index (κ3) is 5.55. The van der Waals surface area contributed by atoms with Crippen LogP contribution in [0.5, 0.6) is 0 Å². The maximum atomic E-state index is 12.7. The van der Waals surface area contributed by atoms with Gasteiger partial charge in [0.15, 0.2) is 5.82 Å². The highest BCUT2D eigenvalue weighted by molar-refractivity contribution is 6.31. The van der Waals surface area contributed by atoms with Crippen LogP contribution in [0.2, 0.25) is 5.02 Å². The Morgan fingerprint density at radius 2 is 2.00 bits per heavy atom. The summed E-state index contributed by atoms with van der Waals surface area (Å²) in [5.74, 6) is 0.0672. The van der Waals surface area contributed by atoms with E-state index in [4.69, 9.17) is 16.3 Å². The van der Waals surface area contributed by atoms with Gasteiger partial charge in [0, 0.05) is 5.02 Å². The van der Waals surface area contributed by atoms with E-state index in [-0.39, 0.29) is 37.1 Å². The minimum absolute atomic E-state index is 0.0143. The van der Waals surface area contributed by atoms with Crippen molar-refractivity contribution in [2.24, 2.45) is 5.92 Å². The summed E-state index contributed by atoms with van der Waals surface area (Å²) in [6, 6.07) is 7.32. The fraction of sp³-hybridized carbons (Fsp3) is 0.500. The summed E-state index contributed by atoms with van der Waals surface area (Å²) in [4.78, 5) is 27.1. The Kier molecular flexibility index (Phi) is 7.22. The Morgan fingerprint density at radius 3 is 2.69 bits per heavy atom. The van der Waals surface area contributed by atoms with Gasteiger partial charge in [-0.3, -0.25) is 9.69 Å². The average Bonchev–Trinajstić information content (AvgIpc) is 3.08. The van der Waals surface area contributed by atoms with Crippen molar-refractivity contribution in [3.8, 4) is 0 Å². The number of hydrogen-bond donors (Lipinski definition) is 1. The van der Waals surface area contributed by atoms with Crippen LogP contribution in [0.4, 0.5) is 5.82 Å². The minimum atomic E-state index is -0.625. The van der Waals surface area contributed by atoms with E-state index in [9.17, 15) is 9.59 Å². The van der Waals surface area contributed by atoms with E-state index in [2.05, 4.69) is 27.5 Å². The highest BCUT2D eigenvalue weighted by atomic mass is 35.5. The number of amides is 1. The van der Waals surface area contributed by atoms with Crippen LogP contribution in [-0.4, -0.2) is 58.0 Å². The van der Waals surface area contributed by atoms with Crippen LogP contribution in [0, 0.1) is 5.92 Å². The first-order valence-corrected chi connectivity index (χ1v) is 10.2. The van der Waals surface area contributed by atoms with Gasteiger partial charge < -0.3 is 10.1 Å². The number of likely N-dealkylation sites (tertiary alicyclic amines) is 1. The van der Waals surface area contributed by atoms with Gasteiger partial charge in [0.2, 0.25) is 11.6 Å². The molecule has 0 radical (unpaired) electrons. The smallest absolute Gasteiger partial charge is 0.362 e. The van der Waals surface area contributed by atoms with E-state index >= 15 is 0 Å². The first-order valence-electron chi connectivity index (χ1n) is 9.84. The predicted octanol–water partition coefficient (Wildman–Crippen LogP) is 2.83. The number of carbonyl (C=O) groups is 2. The second kappa shape index (κ2) is 9.84. The molecular formula is C20H26ClN5O3. The fourth-order valence-corrected chi connectivity index (χ4v) is 3.46. The molecule has 2 aromatic rings. The number of carbonyl (C=O) groups excluding carboxylic acids is 2. The lowest BCUT2D eigenvalue weighted by Gasteiger charge is -2.29. The number of benzene rings is 1. The van der Waals surface area contributed by atoms with Gasteiger partial charge in [-0.25, -0.2) is 9.48 Å². The molecule has 1 aliphatic rings.